The molecule has 1 unspecified atom stereocenters. The molecule has 1 aromatic heterocycles. The van der Waals surface area contributed by atoms with Crippen LogP contribution in [0.3, 0.4) is 0 Å². The first kappa shape index (κ1) is 19.9. The normalized spacial score (nSPS) is 11.3. The number of hydrogen-bond donors (Lipinski definition) is 0. The van der Waals surface area contributed by atoms with Gasteiger partial charge in [-0.3, -0.25) is 0 Å². The summed E-state index contributed by atoms with van der Waals surface area (Å²) in [7, 11) is 0. The van der Waals surface area contributed by atoms with E-state index in [9.17, 15) is 4.79 Å². The van der Waals surface area contributed by atoms with Gasteiger partial charge in [-0.15, -0.1) is 0 Å². The monoisotopic (exact) mass is 393 g/mol. The predicted octanol–water partition coefficient (Wildman–Crippen LogP) is 3.52. The van der Waals surface area contributed by atoms with Gasteiger partial charge in [-0.25, -0.2) is 4.79 Å². The predicted molar refractivity (Wildman–Crippen MR) is 102 cm³/mol. The molecular formula is C21H19N3O5. The molecule has 0 N–H and O–H groups in total. The number of ether oxygens (including phenoxy) is 3. The summed E-state index contributed by atoms with van der Waals surface area (Å²) < 4.78 is 21.4. The maximum Gasteiger partial charge on any atom is 0.347 e. The van der Waals surface area contributed by atoms with Crippen LogP contribution in [0.1, 0.15) is 25.3 Å². The van der Waals surface area contributed by atoms with E-state index in [-0.39, 0.29) is 12.5 Å². The first-order valence-corrected chi connectivity index (χ1v) is 8.99. The first-order valence-electron chi connectivity index (χ1n) is 8.99. The summed E-state index contributed by atoms with van der Waals surface area (Å²) >= 11 is 0. The standard InChI is InChI=1S/C21H19N3O5/c1-3-26-18-7-5-4-6-17(18)20-23-19(29-24-20)13-27-21(25)14(2)28-16-10-8-15(12-22)9-11-16/h4-11,14H,3,13H2,1-2H3. The van der Waals surface area contributed by atoms with Gasteiger partial charge < -0.3 is 18.7 Å². The fourth-order valence-corrected chi connectivity index (χ4v) is 2.47. The largest absolute Gasteiger partial charge is 0.493 e. The molecule has 3 aromatic rings. The minimum absolute atomic E-state index is 0.158. The summed E-state index contributed by atoms with van der Waals surface area (Å²) in [6, 6.07) is 15.8. The van der Waals surface area contributed by atoms with Crippen LogP contribution in [0.4, 0.5) is 0 Å². The SMILES string of the molecule is CCOc1ccccc1-c1noc(COC(=O)C(C)Oc2ccc(C#N)cc2)n1. The smallest absolute Gasteiger partial charge is 0.347 e. The highest BCUT2D eigenvalue weighted by atomic mass is 16.6. The number of aromatic nitrogens is 2. The number of esters is 1. The van der Waals surface area contributed by atoms with Gasteiger partial charge in [0.05, 0.1) is 23.8 Å². The van der Waals surface area contributed by atoms with E-state index < -0.39 is 12.1 Å². The van der Waals surface area contributed by atoms with Gasteiger partial charge in [0.15, 0.2) is 12.7 Å². The Morgan fingerprint density at radius 3 is 2.69 bits per heavy atom. The summed E-state index contributed by atoms with van der Waals surface area (Å²) in [4.78, 5) is 16.4. The number of nitriles is 1. The molecule has 0 aliphatic heterocycles. The average Bonchev–Trinajstić information content (AvgIpc) is 3.22. The van der Waals surface area contributed by atoms with Crippen LogP contribution < -0.4 is 9.47 Å². The second kappa shape index (κ2) is 9.37. The number of benzene rings is 2. The van der Waals surface area contributed by atoms with Crippen LogP contribution in [0.15, 0.2) is 53.1 Å². The van der Waals surface area contributed by atoms with E-state index >= 15 is 0 Å². The van der Waals surface area contributed by atoms with E-state index in [2.05, 4.69) is 10.1 Å². The molecule has 0 saturated carbocycles. The topological polar surface area (TPSA) is 107 Å². The van der Waals surface area contributed by atoms with Crippen LogP contribution in [0.2, 0.25) is 0 Å². The first-order chi connectivity index (χ1) is 14.1. The van der Waals surface area contributed by atoms with Gasteiger partial charge in [-0.05, 0) is 50.2 Å². The number of carbonyl (C=O) groups is 1. The van der Waals surface area contributed by atoms with Gasteiger partial charge in [-0.2, -0.15) is 10.2 Å². The van der Waals surface area contributed by atoms with Crippen LogP contribution in [0, 0.1) is 11.3 Å². The van der Waals surface area contributed by atoms with Crippen molar-refractivity contribution in [3.63, 3.8) is 0 Å². The molecule has 3 rings (SSSR count). The second-order valence-corrected chi connectivity index (χ2v) is 5.94. The van der Waals surface area contributed by atoms with Crippen LogP contribution >= 0.6 is 0 Å². The van der Waals surface area contributed by atoms with E-state index in [0.717, 1.165) is 0 Å². The molecule has 0 aliphatic carbocycles. The third kappa shape index (κ3) is 5.11. The van der Waals surface area contributed by atoms with Crippen molar-refractivity contribution >= 4 is 5.97 Å². The summed E-state index contributed by atoms with van der Waals surface area (Å²) in [5.74, 6) is 1.03. The number of carbonyl (C=O) groups excluding carboxylic acids is 1. The maximum atomic E-state index is 12.2. The molecule has 29 heavy (non-hydrogen) atoms. The quantitative estimate of drug-likeness (QED) is 0.535. The Labute approximate surface area is 167 Å². The highest BCUT2D eigenvalue weighted by molar-refractivity contribution is 5.74. The summed E-state index contributed by atoms with van der Waals surface area (Å²) in [5, 5.41) is 12.7. The second-order valence-electron chi connectivity index (χ2n) is 5.94. The van der Waals surface area contributed by atoms with E-state index in [0.29, 0.717) is 35.1 Å². The molecule has 0 aliphatic rings. The molecule has 0 saturated heterocycles. The van der Waals surface area contributed by atoms with Gasteiger partial charge in [-0.1, -0.05) is 17.3 Å². The minimum Gasteiger partial charge on any atom is -0.493 e. The Morgan fingerprint density at radius 1 is 1.21 bits per heavy atom. The van der Waals surface area contributed by atoms with Gasteiger partial charge in [0.1, 0.15) is 11.5 Å². The van der Waals surface area contributed by atoms with Crippen molar-refractivity contribution < 1.29 is 23.5 Å². The van der Waals surface area contributed by atoms with E-state index in [1.165, 1.54) is 0 Å². The van der Waals surface area contributed by atoms with Crippen LogP contribution in [-0.2, 0) is 16.1 Å². The van der Waals surface area contributed by atoms with Crippen molar-refractivity contribution in [2.45, 2.75) is 26.6 Å². The lowest BCUT2D eigenvalue weighted by molar-refractivity contribution is -0.153. The fraction of sp³-hybridized carbons (Fsp3) is 0.238. The molecule has 0 fully saturated rings. The fourth-order valence-electron chi connectivity index (χ4n) is 2.47. The van der Waals surface area contributed by atoms with Gasteiger partial charge in [0, 0.05) is 0 Å². The molecule has 0 radical (unpaired) electrons. The summed E-state index contributed by atoms with van der Waals surface area (Å²) in [6.45, 7) is 3.79. The zero-order valence-corrected chi connectivity index (χ0v) is 16.0. The molecule has 0 amide bonds. The molecule has 1 heterocycles. The number of para-hydroxylation sites is 1. The third-order valence-corrected chi connectivity index (χ3v) is 3.86. The molecule has 148 valence electrons. The van der Waals surface area contributed by atoms with Crippen LogP contribution in [0.25, 0.3) is 11.4 Å². The number of rotatable bonds is 8. The minimum atomic E-state index is -0.844. The molecule has 2 aromatic carbocycles. The average molecular weight is 393 g/mol. The zero-order valence-electron chi connectivity index (χ0n) is 16.0. The van der Waals surface area contributed by atoms with Gasteiger partial charge in [0.25, 0.3) is 5.89 Å². The molecule has 0 spiro atoms. The van der Waals surface area contributed by atoms with Crippen molar-refractivity contribution in [2.75, 3.05) is 6.61 Å². The lowest BCUT2D eigenvalue weighted by Gasteiger charge is -2.13. The van der Waals surface area contributed by atoms with Crippen molar-refractivity contribution in [3.8, 4) is 29.0 Å². The summed E-state index contributed by atoms with van der Waals surface area (Å²) in [6.07, 6.45) is -0.844. The lowest BCUT2D eigenvalue weighted by Crippen LogP contribution is -2.26. The van der Waals surface area contributed by atoms with Crippen LogP contribution in [0.5, 0.6) is 11.5 Å². The summed E-state index contributed by atoms with van der Waals surface area (Å²) in [5.41, 5.74) is 1.19. The Kier molecular flexibility index (Phi) is 6.43. The molecule has 0 bridgehead atoms. The Balaban J connectivity index is 1.57. The molecular weight excluding hydrogens is 374 g/mol. The van der Waals surface area contributed by atoms with E-state index in [4.69, 9.17) is 24.0 Å². The molecule has 8 heteroatoms. The number of hydrogen-bond acceptors (Lipinski definition) is 8. The van der Waals surface area contributed by atoms with Crippen LogP contribution in [-0.4, -0.2) is 28.8 Å². The van der Waals surface area contributed by atoms with Gasteiger partial charge >= 0.3 is 5.97 Å². The van der Waals surface area contributed by atoms with Crippen molar-refractivity contribution in [1.29, 1.82) is 5.26 Å². The Morgan fingerprint density at radius 2 is 1.97 bits per heavy atom. The highest BCUT2D eigenvalue weighted by Gasteiger charge is 2.19. The third-order valence-electron chi connectivity index (χ3n) is 3.86. The Hall–Kier alpha value is -3.86. The van der Waals surface area contributed by atoms with Gasteiger partial charge in [0.2, 0.25) is 5.82 Å². The van der Waals surface area contributed by atoms with E-state index in [1.54, 1.807) is 31.2 Å². The molecule has 8 nitrogen and oxygen atoms in total. The number of nitrogens with zero attached hydrogens (tertiary/aromatic N) is 3. The van der Waals surface area contributed by atoms with Crippen molar-refractivity contribution in [1.82, 2.24) is 10.1 Å². The van der Waals surface area contributed by atoms with Crippen molar-refractivity contribution in [3.05, 3.63) is 60.0 Å². The Bertz CT molecular complexity index is 1010. The maximum absolute atomic E-state index is 12.2. The zero-order chi connectivity index (χ0) is 20.6. The molecule has 1 atom stereocenters. The lowest BCUT2D eigenvalue weighted by atomic mass is 10.2. The highest BCUT2D eigenvalue weighted by Crippen LogP contribution is 2.27. The van der Waals surface area contributed by atoms with Crippen molar-refractivity contribution in [2.24, 2.45) is 0 Å². The van der Waals surface area contributed by atoms with E-state index in [1.807, 2.05) is 37.3 Å².